The highest BCUT2D eigenvalue weighted by Crippen LogP contribution is 2.37. The van der Waals surface area contributed by atoms with Crippen molar-refractivity contribution in [3.05, 3.63) is 33.4 Å². The molecule has 1 unspecified atom stereocenters. The SMILES string of the molecule is Cc1c(C)c(C)c(C(N)C2CCCCCCC2)c(C)c1C. The summed E-state index contributed by atoms with van der Waals surface area (Å²) >= 11 is 0. The van der Waals surface area contributed by atoms with Crippen LogP contribution >= 0.6 is 0 Å². The molecule has 2 rings (SSSR count). The lowest BCUT2D eigenvalue weighted by molar-refractivity contribution is 0.326. The van der Waals surface area contributed by atoms with Gasteiger partial charge in [0.1, 0.15) is 0 Å². The summed E-state index contributed by atoms with van der Waals surface area (Å²) in [6.45, 7) is 11.3. The van der Waals surface area contributed by atoms with Crippen molar-refractivity contribution >= 4 is 0 Å². The van der Waals surface area contributed by atoms with Crippen LogP contribution in [0.5, 0.6) is 0 Å². The predicted octanol–water partition coefficient (Wildman–Crippen LogP) is 5.59. The Labute approximate surface area is 131 Å². The molecule has 1 aliphatic carbocycles. The van der Waals surface area contributed by atoms with Crippen LogP contribution in [0.2, 0.25) is 0 Å². The van der Waals surface area contributed by atoms with E-state index in [4.69, 9.17) is 5.73 Å². The Hall–Kier alpha value is -0.820. The highest BCUT2D eigenvalue weighted by molar-refractivity contribution is 5.50. The fourth-order valence-electron chi connectivity index (χ4n) is 4.11. The lowest BCUT2D eigenvalue weighted by atomic mass is 9.78. The van der Waals surface area contributed by atoms with Gasteiger partial charge in [0.25, 0.3) is 0 Å². The van der Waals surface area contributed by atoms with Crippen molar-refractivity contribution in [2.75, 3.05) is 0 Å². The predicted molar refractivity (Wildman–Crippen MR) is 92.9 cm³/mol. The van der Waals surface area contributed by atoms with Gasteiger partial charge < -0.3 is 5.73 Å². The molecular weight excluding hydrogens is 254 g/mol. The van der Waals surface area contributed by atoms with Gasteiger partial charge in [-0.3, -0.25) is 0 Å². The Bertz CT molecular complexity index is 464. The minimum atomic E-state index is 0.223. The van der Waals surface area contributed by atoms with E-state index in [0.29, 0.717) is 5.92 Å². The van der Waals surface area contributed by atoms with Crippen LogP contribution in [0.25, 0.3) is 0 Å². The molecule has 1 aromatic rings. The third-order valence-corrected chi connectivity index (χ3v) is 6.05. The maximum Gasteiger partial charge on any atom is 0.0328 e. The molecule has 0 spiro atoms. The van der Waals surface area contributed by atoms with E-state index < -0.39 is 0 Å². The van der Waals surface area contributed by atoms with Crippen molar-refractivity contribution in [1.29, 1.82) is 0 Å². The summed E-state index contributed by atoms with van der Waals surface area (Å²) in [4.78, 5) is 0. The van der Waals surface area contributed by atoms with Crippen LogP contribution in [-0.2, 0) is 0 Å². The normalized spacial score (nSPS) is 19.1. The van der Waals surface area contributed by atoms with E-state index in [9.17, 15) is 0 Å². The van der Waals surface area contributed by atoms with Crippen LogP contribution in [0, 0.1) is 40.5 Å². The van der Waals surface area contributed by atoms with Crippen LogP contribution in [0.4, 0.5) is 0 Å². The monoisotopic (exact) mass is 287 g/mol. The van der Waals surface area contributed by atoms with E-state index in [1.807, 2.05) is 0 Å². The molecule has 0 radical (unpaired) electrons. The fourth-order valence-corrected chi connectivity index (χ4v) is 4.11. The number of benzene rings is 1. The fraction of sp³-hybridized carbons (Fsp3) is 0.700. The summed E-state index contributed by atoms with van der Waals surface area (Å²) in [7, 11) is 0. The molecule has 1 aliphatic rings. The number of rotatable bonds is 2. The summed E-state index contributed by atoms with van der Waals surface area (Å²) in [5.74, 6) is 0.671. The third-order valence-electron chi connectivity index (χ3n) is 6.05. The highest BCUT2D eigenvalue weighted by Gasteiger charge is 2.25. The maximum atomic E-state index is 6.78. The topological polar surface area (TPSA) is 26.0 Å². The van der Waals surface area contributed by atoms with Gasteiger partial charge >= 0.3 is 0 Å². The minimum absolute atomic E-state index is 0.223. The molecule has 21 heavy (non-hydrogen) atoms. The van der Waals surface area contributed by atoms with Crippen LogP contribution in [-0.4, -0.2) is 0 Å². The Kier molecular flexibility index (Phi) is 5.48. The van der Waals surface area contributed by atoms with Gasteiger partial charge in [-0.15, -0.1) is 0 Å². The first-order valence-electron chi connectivity index (χ1n) is 8.77. The second-order valence-corrected chi connectivity index (χ2v) is 7.17. The number of nitrogens with two attached hydrogens (primary N) is 1. The molecule has 118 valence electrons. The molecule has 1 saturated carbocycles. The van der Waals surface area contributed by atoms with E-state index in [2.05, 4.69) is 34.6 Å². The summed E-state index contributed by atoms with van der Waals surface area (Å²) in [6, 6.07) is 0.223. The molecule has 0 saturated heterocycles. The van der Waals surface area contributed by atoms with Gasteiger partial charge in [-0.05, 0) is 86.8 Å². The largest absolute Gasteiger partial charge is 0.324 e. The first kappa shape index (κ1) is 16.5. The van der Waals surface area contributed by atoms with Crippen LogP contribution in [0.3, 0.4) is 0 Å². The zero-order valence-electron chi connectivity index (χ0n) is 14.7. The third kappa shape index (κ3) is 3.34. The molecule has 0 heterocycles. The van der Waals surface area contributed by atoms with Crippen molar-refractivity contribution in [1.82, 2.24) is 0 Å². The maximum absolute atomic E-state index is 6.78. The van der Waals surface area contributed by atoms with Gasteiger partial charge in [-0.2, -0.15) is 0 Å². The Morgan fingerprint density at radius 1 is 0.667 bits per heavy atom. The van der Waals surface area contributed by atoms with Crippen LogP contribution in [0.15, 0.2) is 0 Å². The van der Waals surface area contributed by atoms with Gasteiger partial charge in [0, 0.05) is 6.04 Å². The second-order valence-electron chi connectivity index (χ2n) is 7.17. The van der Waals surface area contributed by atoms with Gasteiger partial charge in [-0.1, -0.05) is 32.1 Å². The van der Waals surface area contributed by atoms with Gasteiger partial charge in [0.05, 0.1) is 0 Å². The quantitative estimate of drug-likeness (QED) is 0.754. The Morgan fingerprint density at radius 3 is 1.52 bits per heavy atom. The molecule has 1 nitrogen and oxygen atoms in total. The summed E-state index contributed by atoms with van der Waals surface area (Å²) in [5, 5.41) is 0. The number of hydrogen-bond donors (Lipinski definition) is 1. The summed E-state index contributed by atoms with van der Waals surface area (Å²) < 4.78 is 0. The molecule has 2 N–H and O–H groups in total. The van der Waals surface area contributed by atoms with Crippen molar-refractivity contribution in [2.24, 2.45) is 11.7 Å². The first-order valence-corrected chi connectivity index (χ1v) is 8.77. The molecule has 1 fully saturated rings. The van der Waals surface area contributed by atoms with Crippen LogP contribution in [0.1, 0.15) is 84.4 Å². The van der Waals surface area contributed by atoms with Crippen LogP contribution < -0.4 is 5.73 Å². The van der Waals surface area contributed by atoms with E-state index in [0.717, 1.165) is 0 Å². The van der Waals surface area contributed by atoms with E-state index in [1.54, 1.807) is 0 Å². The Balaban J connectivity index is 2.35. The minimum Gasteiger partial charge on any atom is -0.324 e. The molecule has 0 aliphatic heterocycles. The smallest absolute Gasteiger partial charge is 0.0328 e. The average molecular weight is 287 g/mol. The summed E-state index contributed by atoms with van der Waals surface area (Å²) in [6.07, 6.45) is 9.56. The zero-order valence-corrected chi connectivity index (χ0v) is 14.7. The Morgan fingerprint density at radius 2 is 1.05 bits per heavy atom. The van der Waals surface area contributed by atoms with Crippen molar-refractivity contribution < 1.29 is 0 Å². The van der Waals surface area contributed by atoms with Crippen molar-refractivity contribution in [3.8, 4) is 0 Å². The number of hydrogen-bond acceptors (Lipinski definition) is 1. The van der Waals surface area contributed by atoms with E-state index in [1.165, 1.54) is 78.3 Å². The molecule has 0 bridgehead atoms. The first-order chi connectivity index (χ1) is 9.95. The molecule has 1 heteroatoms. The average Bonchev–Trinajstić information content (AvgIpc) is 2.43. The van der Waals surface area contributed by atoms with E-state index in [-0.39, 0.29) is 6.04 Å². The lowest BCUT2D eigenvalue weighted by Gasteiger charge is -2.30. The summed E-state index contributed by atoms with van der Waals surface area (Å²) in [5.41, 5.74) is 15.4. The van der Waals surface area contributed by atoms with Crippen molar-refractivity contribution in [2.45, 2.75) is 85.6 Å². The van der Waals surface area contributed by atoms with Gasteiger partial charge in [-0.25, -0.2) is 0 Å². The molecule has 1 aromatic carbocycles. The van der Waals surface area contributed by atoms with E-state index >= 15 is 0 Å². The lowest BCUT2D eigenvalue weighted by Crippen LogP contribution is -2.25. The zero-order chi connectivity index (χ0) is 15.6. The highest BCUT2D eigenvalue weighted by atomic mass is 14.7. The van der Waals surface area contributed by atoms with Gasteiger partial charge in [0.2, 0.25) is 0 Å². The second kappa shape index (κ2) is 6.96. The van der Waals surface area contributed by atoms with Crippen molar-refractivity contribution in [3.63, 3.8) is 0 Å². The molecule has 1 atom stereocenters. The van der Waals surface area contributed by atoms with Gasteiger partial charge in [0.15, 0.2) is 0 Å². The molecule has 0 aromatic heterocycles. The molecule has 0 amide bonds. The molecular formula is C20H33N. The standard InChI is InChI=1S/C20H33N/c1-13-14(2)16(4)19(17(5)15(13)3)20(21)18-11-9-7-6-8-10-12-18/h18,20H,6-12,21H2,1-5H3.